The van der Waals surface area contributed by atoms with Gasteiger partial charge in [-0.25, -0.2) is 0 Å². The third kappa shape index (κ3) is 4.40. The smallest absolute Gasteiger partial charge is 0.303 e. The van der Waals surface area contributed by atoms with Gasteiger partial charge >= 0.3 is 5.97 Å². The monoisotopic (exact) mass is 492 g/mol. The van der Waals surface area contributed by atoms with E-state index in [-0.39, 0.29) is 34.7 Å². The van der Waals surface area contributed by atoms with Crippen LogP contribution >= 0.6 is 0 Å². The summed E-state index contributed by atoms with van der Waals surface area (Å²) in [5.41, 5.74) is -1.30. The largest absolute Gasteiger partial charge is 0.460 e. The quantitative estimate of drug-likeness (QED) is 0.427. The van der Waals surface area contributed by atoms with Crippen molar-refractivity contribution in [3.05, 3.63) is 0 Å². The van der Waals surface area contributed by atoms with Crippen LogP contribution in [0.2, 0.25) is 0 Å². The molecule has 0 spiro atoms. The molecule has 0 aromatic carbocycles. The highest BCUT2D eigenvalue weighted by Crippen LogP contribution is 2.69. The maximum Gasteiger partial charge on any atom is 0.303 e. The maximum atomic E-state index is 12.3. The van der Waals surface area contributed by atoms with Crippen LogP contribution in [-0.2, 0) is 9.53 Å². The topological polar surface area (TPSA) is 87.0 Å². The van der Waals surface area contributed by atoms with Gasteiger partial charge in [-0.3, -0.25) is 4.79 Å². The summed E-state index contributed by atoms with van der Waals surface area (Å²) in [6.07, 6.45) is 8.43. The zero-order chi connectivity index (χ0) is 26.0. The van der Waals surface area contributed by atoms with Crippen molar-refractivity contribution >= 4 is 5.97 Å². The van der Waals surface area contributed by atoms with Crippen LogP contribution in [0.1, 0.15) is 113 Å². The summed E-state index contributed by atoms with van der Waals surface area (Å²) in [4.78, 5) is 11.5. The Bertz CT molecular complexity index is 796. The van der Waals surface area contributed by atoms with Crippen LogP contribution in [0.3, 0.4) is 0 Å². The highest BCUT2D eigenvalue weighted by atomic mass is 16.6. The lowest BCUT2D eigenvalue weighted by Crippen LogP contribution is -2.68. The van der Waals surface area contributed by atoms with E-state index in [1.807, 2.05) is 13.8 Å². The van der Waals surface area contributed by atoms with E-state index in [2.05, 4.69) is 27.7 Å². The molecular weight excluding hydrogens is 440 g/mol. The van der Waals surface area contributed by atoms with Crippen LogP contribution in [0, 0.1) is 46.3 Å². The van der Waals surface area contributed by atoms with Crippen molar-refractivity contribution < 1.29 is 24.9 Å². The van der Waals surface area contributed by atoms with E-state index in [1.165, 1.54) is 13.3 Å². The number of rotatable bonds is 6. The van der Waals surface area contributed by atoms with Crippen LogP contribution < -0.4 is 0 Å². The van der Waals surface area contributed by atoms with Crippen molar-refractivity contribution in [2.45, 2.75) is 136 Å². The van der Waals surface area contributed by atoms with Crippen molar-refractivity contribution in [3.8, 4) is 0 Å². The molecular formula is C30H52O5. The van der Waals surface area contributed by atoms with E-state index in [1.54, 1.807) is 0 Å². The number of aliphatic hydroxyl groups excluding tert-OH is 2. The molecule has 4 aliphatic carbocycles. The van der Waals surface area contributed by atoms with Gasteiger partial charge in [-0.1, -0.05) is 34.1 Å². The molecule has 0 heterocycles. The molecule has 0 bridgehead atoms. The fourth-order valence-electron chi connectivity index (χ4n) is 9.71. The third-order valence-electron chi connectivity index (χ3n) is 12.3. The third-order valence-corrected chi connectivity index (χ3v) is 12.3. The van der Waals surface area contributed by atoms with Crippen LogP contribution in [0.5, 0.6) is 0 Å². The molecule has 0 aromatic heterocycles. The molecule has 0 amide bonds. The molecule has 35 heavy (non-hydrogen) atoms. The number of carbonyl (C=O) groups is 1. The molecule has 0 saturated heterocycles. The standard InChI is InChI=1S/C30H52O5/c1-18(8-9-19(2)27(4,5)35-20(3)31)22-10-11-23-24-17-26(33)25-16-21(32)12-13-29(25,7)30(24,34)15-14-28(22,23)6/h18-19,21-26,32-34H,8-17H2,1-7H3/t18-,19+,21?,22-,23+,24+,25?,26?,28-,29+,30-/m1/s1. The summed E-state index contributed by atoms with van der Waals surface area (Å²) in [6.45, 7) is 14.8. The zero-order valence-corrected chi connectivity index (χ0v) is 23.3. The summed E-state index contributed by atoms with van der Waals surface area (Å²) in [7, 11) is 0. The van der Waals surface area contributed by atoms with Gasteiger partial charge in [0.05, 0.1) is 17.8 Å². The highest BCUT2D eigenvalue weighted by molar-refractivity contribution is 5.66. The number of carbonyl (C=O) groups excluding carboxylic acids is 1. The van der Waals surface area contributed by atoms with E-state index in [0.29, 0.717) is 36.5 Å². The van der Waals surface area contributed by atoms with Crippen LogP contribution in [0.15, 0.2) is 0 Å². The molecule has 4 saturated carbocycles. The summed E-state index contributed by atoms with van der Waals surface area (Å²) in [6, 6.07) is 0. The Morgan fingerprint density at radius 2 is 1.66 bits per heavy atom. The molecule has 0 aromatic rings. The minimum Gasteiger partial charge on any atom is -0.460 e. The van der Waals surface area contributed by atoms with Crippen molar-refractivity contribution in [2.75, 3.05) is 0 Å². The van der Waals surface area contributed by atoms with Gasteiger partial charge in [0, 0.05) is 12.3 Å². The first-order valence-corrected chi connectivity index (χ1v) is 14.4. The van der Waals surface area contributed by atoms with Crippen molar-refractivity contribution in [3.63, 3.8) is 0 Å². The number of hydrogen-bond donors (Lipinski definition) is 3. The minimum absolute atomic E-state index is 0.00459. The van der Waals surface area contributed by atoms with E-state index in [9.17, 15) is 20.1 Å². The Labute approximate surface area is 213 Å². The Morgan fingerprint density at radius 1 is 0.971 bits per heavy atom. The second kappa shape index (κ2) is 9.27. The summed E-state index contributed by atoms with van der Waals surface area (Å²) in [5, 5.41) is 33.9. The number of hydrogen-bond acceptors (Lipinski definition) is 5. The molecule has 0 aliphatic heterocycles. The minimum atomic E-state index is -0.734. The Kier molecular flexibility index (Phi) is 7.26. The molecule has 3 N–H and O–H groups in total. The Hall–Kier alpha value is -0.650. The molecule has 4 fully saturated rings. The molecule has 4 aliphatic rings. The van der Waals surface area contributed by atoms with Crippen LogP contribution in [0.25, 0.3) is 0 Å². The number of esters is 1. The first-order valence-electron chi connectivity index (χ1n) is 14.4. The molecule has 4 rings (SSSR count). The Morgan fingerprint density at radius 3 is 2.31 bits per heavy atom. The lowest BCUT2D eigenvalue weighted by Gasteiger charge is -2.66. The summed E-state index contributed by atoms with van der Waals surface area (Å²) in [5.74, 6) is 1.87. The molecule has 3 unspecified atom stereocenters. The number of aliphatic hydroxyl groups is 3. The lowest BCUT2D eigenvalue weighted by molar-refractivity contribution is -0.265. The average molecular weight is 493 g/mol. The highest BCUT2D eigenvalue weighted by Gasteiger charge is 2.68. The fourth-order valence-corrected chi connectivity index (χ4v) is 9.71. The normalized spacial score (nSPS) is 47.3. The number of fused-ring (bicyclic) bond motifs is 5. The van der Waals surface area contributed by atoms with E-state index >= 15 is 0 Å². The molecule has 0 radical (unpaired) electrons. The van der Waals surface area contributed by atoms with Gasteiger partial charge in [0.25, 0.3) is 0 Å². The molecule has 11 atom stereocenters. The van der Waals surface area contributed by atoms with E-state index in [0.717, 1.165) is 44.9 Å². The van der Waals surface area contributed by atoms with Gasteiger partial charge < -0.3 is 20.1 Å². The summed E-state index contributed by atoms with van der Waals surface area (Å²) >= 11 is 0. The van der Waals surface area contributed by atoms with Crippen LogP contribution in [-0.4, -0.2) is 44.7 Å². The fraction of sp³-hybridized carbons (Fsp3) is 0.967. The van der Waals surface area contributed by atoms with Gasteiger partial charge in [-0.2, -0.15) is 0 Å². The predicted molar refractivity (Wildman–Crippen MR) is 137 cm³/mol. The second-order valence-electron chi connectivity index (χ2n) is 14.2. The second-order valence-corrected chi connectivity index (χ2v) is 14.2. The van der Waals surface area contributed by atoms with Gasteiger partial charge in [0.15, 0.2) is 0 Å². The van der Waals surface area contributed by atoms with Gasteiger partial charge in [0.2, 0.25) is 0 Å². The summed E-state index contributed by atoms with van der Waals surface area (Å²) < 4.78 is 5.60. The molecule has 5 nitrogen and oxygen atoms in total. The van der Waals surface area contributed by atoms with Crippen LogP contribution in [0.4, 0.5) is 0 Å². The Balaban J connectivity index is 1.48. The van der Waals surface area contributed by atoms with E-state index < -0.39 is 17.3 Å². The first kappa shape index (κ1) is 27.4. The maximum absolute atomic E-state index is 12.3. The van der Waals surface area contributed by atoms with Crippen molar-refractivity contribution in [2.24, 2.45) is 46.3 Å². The van der Waals surface area contributed by atoms with E-state index in [4.69, 9.17) is 4.74 Å². The predicted octanol–water partition coefficient (Wildman–Crippen LogP) is 5.49. The van der Waals surface area contributed by atoms with Crippen molar-refractivity contribution in [1.29, 1.82) is 0 Å². The SMILES string of the molecule is CC(=O)OC(C)(C)[C@@H](C)CC[C@@H](C)[C@H]1CC[C@H]2[C@@H]3CC(O)C4CC(O)CC[C@]4(C)[C@@]3(O)CC[C@]12C. The average Bonchev–Trinajstić information content (AvgIpc) is 3.11. The first-order chi connectivity index (χ1) is 16.2. The van der Waals surface area contributed by atoms with Gasteiger partial charge in [-0.15, -0.1) is 0 Å². The lowest BCUT2D eigenvalue weighted by atomic mass is 9.41. The molecule has 5 heteroatoms. The van der Waals surface area contributed by atoms with Gasteiger partial charge in [-0.05, 0) is 113 Å². The zero-order valence-electron chi connectivity index (χ0n) is 23.3. The molecule has 202 valence electrons. The van der Waals surface area contributed by atoms with Crippen molar-refractivity contribution in [1.82, 2.24) is 0 Å². The van der Waals surface area contributed by atoms with Gasteiger partial charge in [0.1, 0.15) is 5.60 Å². The number of ether oxygens (including phenoxy) is 1.